The summed E-state index contributed by atoms with van der Waals surface area (Å²) in [6.45, 7) is 5.61. The maximum atomic E-state index is 11.4. The van der Waals surface area contributed by atoms with Crippen molar-refractivity contribution in [2.45, 2.75) is 33.2 Å². The summed E-state index contributed by atoms with van der Waals surface area (Å²) in [5.41, 5.74) is 5.75. The van der Waals surface area contributed by atoms with Crippen molar-refractivity contribution in [3.8, 4) is 0 Å². The van der Waals surface area contributed by atoms with Crippen molar-refractivity contribution in [1.82, 2.24) is 10.1 Å². The van der Waals surface area contributed by atoms with Crippen LogP contribution in [0.25, 0.3) is 0 Å². The predicted octanol–water partition coefficient (Wildman–Crippen LogP) is 0.690. The van der Waals surface area contributed by atoms with Crippen LogP contribution in [0.15, 0.2) is 4.52 Å². The number of amides is 1. The van der Waals surface area contributed by atoms with E-state index in [1.54, 1.807) is 6.92 Å². The van der Waals surface area contributed by atoms with E-state index in [4.69, 9.17) is 10.3 Å². The van der Waals surface area contributed by atoms with Gasteiger partial charge in [0.15, 0.2) is 5.82 Å². The molecular formula is C9H16N4O2. The van der Waals surface area contributed by atoms with Crippen LogP contribution in [-0.4, -0.2) is 22.1 Å². The third-order valence-electron chi connectivity index (χ3n) is 2.05. The number of hydrogen-bond donors (Lipinski definition) is 2. The Morgan fingerprint density at radius 2 is 2.27 bits per heavy atom. The van der Waals surface area contributed by atoms with Gasteiger partial charge < -0.3 is 10.3 Å². The Morgan fingerprint density at radius 1 is 1.60 bits per heavy atom. The van der Waals surface area contributed by atoms with Crippen LogP contribution in [0.3, 0.4) is 0 Å². The number of carbonyl (C=O) groups excluding carboxylic acids is 1. The van der Waals surface area contributed by atoms with Crippen LogP contribution < -0.4 is 11.1 Å². The second-order valence-electron chi connectivity index (χ2n) is 3.81. The molecule has 1 atom stereocenters. The van der Waals surface area contributed by atoms with Crippen molar-refractivity contribution in [3.05, 3.63) is 5.82 Å². The highest BCUT2D eigenvalue weighted by Gasteiger charge is 2.14. The fourth-order valence-corrected chi connectivity index (χ4v) is 0.968. The van der Waals surface area contributed by atoms with Gasteiger partial charge in [-0.1, -0.05) is 19.0 Å². The molecule has 0 saturated carbocycles. The largest absolute Gasteiger partial charge is 0.328 e. The van der Waals surface area contributed by atoms with Crippen LogP contribution in [0.5, 0.6) is 0 Å². The average Bonchev–Trinajstić information content (AvgIpc) is 2.50. The average molecular weight is 212 g/mol. The molecule has 0 aliphatic heterocycles. The van der Waals surface area contributed by atoms with Gasteiger partial charge in [-0.2, -0.15) is 4.98 Å². The first-order valence-electron chi connectivity index (χ1n) is 4.84. The van der Waals surface area contributed by atoms with Crippen molar-refractivity contribution < 1.29 is 9.32 Å². The first kappa shape index (κ1) is 11.6. The molecule has 1 unspecified atom stereocenters. The minimum absolute atomic E-state index is 0.119. The molecule has 1 aromatic heterocycles. The molecule has 1 amide bonds. The van der Waals surface area contributed by atoms with E-state index >= 15 is 0 Å². The molecule has 0 fully saturated rings. The number of nitrogens with two attached hydrogens (primary N) is 1. The third-order valence-corrected chi connectivity index (χ3v) is 2.05. The van der Waals surface area contributed by atoms with Gasteiger partial charge in [0.25, 0.3) is 0 Å². The second-order valence-corrected chi connectivity index (χ2v) is 3.81. The first-order valence-corrected chi connectivity index (χ1v) is 4.84. The topological polar surface area (TPSA) is 94.0 Å². The highest BCUT2D eigenvalue weighted by Crippen LogP contribution is 2.06. The van der Waals surface area contributed by atoms with Crippen molar-refractivity contribution in [2.75, 3.05) is 5.32 Å². The van der Waals surface area contributed by atoms with E-state index in [-0.39, 0.29) is 30.3 Å². The maximum Gasteiger partial charge on any atom is 0.328 e. The van der Waals surface area contributed by atoms with E-state index in [1.807, 2.05) is 13.8 Å². The molecule has 3 N–H and O–H groups in total. The highest BCUT2D eigenvalue weighted by atomic mass is 16.5. The van der Waals surface area contributed by atoms with Crippen LogP contribution in [-0.2, 0) is 4.79 Å². The molecule has 1 heterocycles. The quantitative estimate of drug-likeness (QED) is 0.765. The van der Waals surface area contributed by atoms with Crippen molar-refractivity contribution in [2.24, 2.45) is 11.7 Å². The van der Waals surface area contributed by atoms with E-state index in [2.05, 4.69) is 15.5 Å². The van der Waals surface area contributed by atoms with E-state index in [1.165, 1.54) is 0 Å². The first-order chi connectivity index (χ1) is 6.99. The Morgan fingerprint density at radius 3 is 2.73 bits per heavy atom. The van der Waals surface area contributed by atoms with E-state index in [0.717, 1.165) is 0 Å². The van der Waals surface area contributed by atoms with Crippen LogP contribution >= 0.6 is 0 Å². The Kier molecular flexibility index (Phi) is 3.79. The van der Waals surface area contributed by atoms with Crippen LogP contribution in [0, 0.1) is 12.8 Å². The predicted molar refractivity (Wildman–Crippen MR) is 55.1 cm³/mol. The summed E-state index contributed by atoms with van der Waals surface area (Å²) in [7, 11) is 0. The lowest BCUT2D eigenvalue weighted by molar-refractivity contribution is -0.116. The highest BCUT2D eigenvalue weighted by molar-refractivity contribution is 5.88. The number of aromatic nitrogens is 2. The summed E-state index contributed by atoms with van der Waals surface area (Å²) in [5.74, 6) is 0.540. The minimum Gasteiger partial charge on any atom is -0.327 e. The summed E-state index contributed by atoms with van der Waals surface area (Å²) in [6.07, 6.45) is 0.249. The van der Waals surface area contributed by atoms with E-state index in [0.29, 0.717) is 5.82 Å². The third kappa shape index (κ3) is 3.67. The van der Waals surface area contributed by atoms with Gasteiger partial charge in [0.2, 0.25) is 5.91 Å². The fraction of sp³-hybridized carbons (Fsp3) is 0.667. The van der Waals surface area contributed by atoms with Crippen molar-refractivity contribution in [3.63, 3.8) is 0 Å². The number of rotatable bonds is 4. The molecule has 0 aromatic carbocycles. The van der Waals surface area contributed by atoms with E-state index < -0.39 is 0 Å². The SMILES string of the molecule is Cc1noc(NC(=O)CC(N)C(C)C)n1. The lowest BCUT2D eigenvalue weighted by atomic mass is 10.0. The van der Waals surface area contributed by atoms with Gasteiger partial charge >= 0.3 is 6.01 Å². The molecule has 0 aliphatic carbocycles. The standard InChI is InChI=1S/C9H16N4O2/c1-5(2)7(10)4-8(14)12-9-11-6(3)13-15-9/h5,7H,4,10H2,1-3H3,(H,11,12,13,14). The second kappa shape index (κ2) is 4.88. The molecular weight excluding hydrogens is 196 g/mol. The molecule has 0 spiro atoms. The zero-order valence-corrected chi connectivity index (χ0v) is 9.15. The molecule has 0 saturated heterocycles. The number of nitrogens with one attached hydrogen (secondary N) is 1. The van der Waals surface area contributed by atoms with Crippen molar-refractivity contribution >= 4 is 11.9 Å². The molecule has 1 aromatic rings. The molecule has 6 nitrogen and oxygen atoms in total. The molecule has 1 rings (SSSR count). The van der Waals surface area contributed by atoms with Gasteiger partial charge in [-0.25, -0.2) is 0 Å². The van der Waals surface area contributed by atoms with Gasteiger partial charge in [-0.15, -0.1) is 0 Å². The summed E-state index contributed by atoms with van der Waals surface area (Å²) < 4.78 is 4.74. The minimum atomic E-state index is -0.208. The monoisotopic (exact) mass is 212 g/mol. The number of hydrogen-bond acceptors (Lipinski definition) is 5. The molecule has 6 heteroatoms. The molecule has 84 valence electrons. The van der Waals surface area contributed by atoms with Crippen LogP contribution in [0.4, 0.5) is 6.01 Å². The van der Waals surface area contributed by atoms with Gasteiger partial charge in [0.1, 0.15) is 0 Å². The van der Waals surface area contributed by atoms with Crippen molar-refractivity contribution in [1.29, 1.82) is 0 Å². The number of carbonyl (C=O) groups is 1. The fourth-order valence-electron chi connectivity index (χ4n) is 0.968. The van der Waals surface area contributed by atoms with Gasteiger partial charge in [-0.05, 0) is 12.8 Å². The maximum absolute atomic E-state index is 11.4. The number of anilines is 1. The molecule has 15 heavy (non-hydrogen) atoms. The zero-order chi connectivity index (χ0) is 11.4. The summed E-state index contributed by atoms with van der Waals surface area (Å²) >= 11 is 0. The number of nitrogens with zero attached hydrogens (tertiary/aromatic N) is 2. The summed E-state index contributed by atoms with van der Waals surface area (Å²) in [5, 5.41) is 6.04. The Labute approximate surface area is 88.2 Å². The Balaban J connectivity index is 2.43. The molecule has 0 bridgehead atoms. The van der Waals surface area contributed by atoms with Crippen LogP contribution in [0.2, 0.25) is 0 Å². The molecule has 0 radical (unpaired) electrons. The van der Waals surface area contributed by atoms with Gasteiger partial charge in [-0.3, -0.25) is 10.1 Å². The van der Waals surface area contributed by atoms with Gasteiger partial charge in [0.05, 0.1) is 0 Å². The molecule has 0 aliphatic rings. The Bertz CT molecular complexity index is 335. The Hall–Kier alpha value is -1.43. The summed E-state index contributed by atoms with van der Waals surface area (Å²) in [6, 6.07) is -0.0394. The van der Waals surface area contributed by atoms with Crippen LogP contribution in [0.1, 0.15) is 26.1 Å². The summed E-state index contributed by atoms with van der Waals surface area (Å²) in [4.78, 5) is 15.3. The smallest absolute Gasteiger partial charge is 0.327 e. The lowest BCUT2D eigenvalue weighted by Crippen LogP contribution is -2.31. The number of aryl methyl sites for hydroxylation is 1. The van der Waals surface area contributed by atoms with Gasteiger partial charge in [0, 0.05) is 12.5 Å². The van der Waals surface area contributed by atoms with E-state index in [9.17, 15) is 4.79 Å². The lowest BCUT2D eigenvalue weighted by Gasteiger charge is -2.13. The normalized spacial score (nSPS) is 12.9. The zero-order valence-electron chi connectivity index (χ0n) is 9.15.